The van der Waals surface area contributed by atoms with Crippen molar-refractivity contribution in [3.63, 3.8) is 0 Å². The molecule has 1 aliphatic rings. The molecule has 2 rings (SSSR count). The van der Waals surface area contributed by atoms with E-state index in [9.17, 15) is 0 Å². The Morgan fingerprint density at radius 3 is 3.31 bits per heavy atom. The predicted molar refractivity (Wildman–Crippen MR) is 64.6 cm³/mol. The van der Waals surface area contributed by atoms with Crippen LogP contribution in [0, 0.1) is 12.8 Å². The standard InChI is InChI=1S/C12H19N3O/c1-3-5-13-12-14-10(2)7-15(12)8-11-4-6-16-9-11/h3,7,11H,1,4-6,8-9H2,2H3,(H,13,14). The molecular weight excluding hydrogens is 202 g/mol. The van der Waals surface area contributed by atoms with Crippen molar-refractivity contribution < 1.29 is 4.74 Å². The molecule has 1 aromatic heterocycles. The molecular formula is C12H19N3O. The summed E-state index contributed by atoms with van der Waals surface area (Å²) in [5, 5.41) is 3.25. The third kappa shape index (κ3) is 2.64. The molecule has 1 N–H and O–H groups in total. The molecule has 0 radical (unpaired) electrons. The summed E-state index contributed by atoms with van der Waals surface area (Å²) in [6, 6.07) is 0. The smallest absolute Gasteiger partial charge is 0.203 e. The Morgan fingerprint density at radius 2 is 2.62 bits per heavy atom. The van der Waals surface area contributed by atoms with Crippen LogP contribution in [0.4, 0.5) is 5.95 Å². The highest BCUT2D eigenvalue weighted by molar-refractivity contribution is 5.29. The number of nitrogens with one attached hydrogen (secondary N) is 1. The molecule has 0 saturated carbocycles. The van der Waals surface area contributed by atoms with Crippen LogP contribution < -0.4 is 5.32 Å². The van der Waals surface area contributed by atoms with E-state index in [4.69, 9.17) is 4.74 Å². The van der Waals surface area contributed by atoms with Crippen molar-refractivity contribution in [1.29, 1.82) is 0 Å². The quantitative estimate of drug-likeness (QED) is 0.771. The largest absolute Gasteiger partial charge is 0.381 e. The zero-order valence-corrected chi connectivity index (χ0v) is 9.78. The molecule has 0 amide bonds. The van der Waals surface area contributed by atoms with Crippen molar-refractivity contribution in [2.24, 2.45) is 5.92 Å². The molecule has 88 valence electrons. The third-order valence-corrected chi connectivity index (χ3v) is 2.78. The average molecular weight is 221 g/mol. The minimum Gasteiger partial charge on any atom is -0.381 e. The summed E-state index contributed by atoms with van der Waals surface area (Å²) in [4.78, 5) is 4.45. The second kappa shape index (κ2) is 5.16. The van der Waals surface area contributed by atoms with Gasteiger partial charge in [-0.25, -0.2) is 4.98 Å². The summed E-state index contributed by atoms with van der Waals surface area (Å²) in [7, 11) is 0. The van der Waals surface area contributed by atoms with Gasteiger partial charge < -0.3 is 14.6 Å². The van der Waals surface area contributed by atoms with Gasteiger partial charge in [-0.05, 0) is 13.3 Å². The number of ether oxygens (including phenoxy) is 1. The Morgan fingerprint density at radius 1 is 1.75 bits per heavy atom. The van der Waals surface area contributed by atoms with Gasteiger partial charge in [0.05, 0.1) is 12.3 Å². The number of hydrogen-bond acceptors (Lipinski definition) is 3. The number of anilines is 1. The number of rotatable bonds is 5. The topological polar surface area (TPSA) is 39.1 Å². The summed E-state index contributed by atoms with van der Waals surface area (Å²) in [5.74, 6) is 1.56. The van der Waals surface area contributed by atoms with E-state index in [0.29, 0.717) is 5.92 Å². The lowest BCUT2D eigenvalue weighted by Crippen LogP contribution is -2.13. The second-order valence-corrected chi connectivity index (χ2v) is 4.26. The van der Waals surface area contributed by atoms with Crippen LogP contribution in [0.1, 0.15) is 12.1 Å². The van der Waals surface area contributed by atoms with Crippen molar-refractivity contribution >= 4 is 5.95 Å². The highest BCUT2D eigenvalue weighted by Gasteiger charge is 2.17. The van der Waals surface area contributed by atoms with Crippen LogP contribution in [-0.4, -0.2) is 29.3 Å². The van der Waals surface area contributed by atoms with E-state index in [1.54, 1.807) is 0 Å². The summed E-state index contributed by atoms with van der Waals surface area (Å²) >= 11 is 0. The van der Waals surface area contributed by atoms with E-state index in [2.05, 4.69) is 27.6 Å². The Balaban J connectivity index is 2.02. The lowest BCUT2D eigenvalue weighted by atomic mass is 10.1. The Hall–Kier alpha value is -1.29. The first-order valence-corrected chi connectivity index (χ1v) is 5.76. The summed E-state index contributed by atoms with van der Waals surface area (Å²) in [5.41, 5.74) is 1.05. The van der Waals surface area contributed by atoms with Crippen molar-refractivity contribution in [2.75, 3.05) is 25.1 Å². The highest BCUT2D eigenvalue weighted by atomic mass is 16.5. The fourth-order valence-electron chi connectivity index (χ4n) is 2.00. The van der Waals surface area contributed by atoms with E-state index >= 15 is 0 Å². The number of nitrogens with zero attached hydrogens (tertiary/aromatic N) is 2. The molecule has 1 atom stereocenters. The van der Waals surface area contributed by atoms with Gasteiger partial charge in [-0.15, -0.1) is 6.58 Å². The molecule has 0 aromatic carbocycles. The Bertz CT molecular complexity index is 353. The molecule has 0 aliphatic carbocycles. The number of aromatic nitrogens is 2. The van der Waals surface area contributed by atoms with Crippen molar-refractivity contribution in [3.8, 4) is 0 Å². The van der Waals surface area contributed by atoms with Crippen LogP contribution in [0.5, 0.6) is 0 Å². The lowest BCUT2D eigenvalue weighted by molar-refractivity contribution is 0.182. The van der Waals surface area contributed by atoms with E-state index in [1.165, 1.54) is 0 Å². The van der Waals surface area contributed by atoms with E-state index in [0.717, 1.165) is 44.4 Å². The number of hydrogen-bond donors (Lipinski definition) is 1. The van der Waals surface area contributed by atoms with Crippen molar-refractivity contribution in [1.82, 2.24) is 9.55 Å². The maximum atomic E-state index is 5.39. The molecule has 4 heteroatoms. The highest BCUT2D eigenvalue weighted by Crippen LogP contribution is 2.18. The van der Waals surface area contributed by atoms with Gasteiger partial charge in [-0.1, -0.05) is 6.08 Å². The third-order valence-electron chi connectivity index (χ3n) is 2.78. The molecule has 1 saturated heterocycles. The number of aryl methyl sites for hydroxylation is 1. The van der Waals surface area contributed by atoms with Crippen molar-refractivity contribution in [2.45, 2.75) is 19.9 Å². The Kier molecular flexibility index (Phi) is 3.62. The van der Waals surface area contributed by atoms with E-state index < -0.39 is 0 Å². The van der Waals surface area contributed by atoms with Crippen molar-refractivity contribution in [3.05, 3.63) is 24.5 Å². The lowest BCUT2D eigenvalue weighted by Gasteiger charge is -2.12. The monoisotopic (exact) mass is 221 g/mol. The van der Waals surface area contributed by atoms with Gasteiger partial charge >= 0.3 is 0 Å². The SMILES string of the molecule is C=CCNc1nc(C)cn1CC1CCOC1. The van der Waals surface area contributed by atoms with Crippen LogP contribution in [0.15, 0.2) is 18.9 Å². The van der Waals surface area contributed by atoms with Gasteiger partial charge in [0.15, 0.2) is 0 Å². The van der Waals surface area contributed by atoms with Gasteiger partial charge in [0, 0.05) is 31.8 Å². The maximum Gasteiger partial charge on any atom is 0.203 e. The summed E-state index contributed by atoms with van der Waals surface area (Å²) in [6.45, 7) is 9.21. The molecule has 16 heavy (non-hydrogen) atoms. The molecule has 0 bridgehead atoms. The second-order valence-electron chi connectivity index (χ2n) is 4.26. The minimum atomic E-state index is 0.623. The molecule has 4 nitrogen and oxygen atoms in total. The fourth-order valence-corrected chi connectivity index (χ4v) is 2.00. The molecule has 1 aliphatic heterocycles. The van der Waals surface area contributed by atoms with Crippen LogP contribution >= 0.6 is 0 Å². The van der Waals surface area contributed by atoms with Gasteiger partial charge in [0.2, 0.25) is 5.95 Å². The fraction of sp³-hybridized carbons (Fsp3) is 0.583. The average Bonchev–Trinajstić information content (AvgIpc) is 2.86. The number of imidazole rings is 1. The maximum absolute atomic E-state index is 5.39. The van der Waals surface area contributed by atoms with Crippen LogP contribution in [0.25, 0.3) is 0 Å². The zero-order valence-electron chi connectivity index (χ0n) is 9.78. The van der Waals surface area contributed by atoms with E-state index in [1.807, 2.05) is 13.0 Å². The zero-order chi connectivity index (χ0) is 11.4. The van der Waals surface area contributed by atoms with Crippen LogP contribution in [0.3, 0.4) is 0 Å². The molecule has 1 aromatic rings. The first-order chi connectivity index (χ1) is 7.79. The molecule has 1 unspecified atom stereocenters. The van der Waals surface area contributed by atoms with Gasteiger partial charge in [-0.3, -0.25) is 0 Å². The molecule has 2 heterocycles. The normalized spacial score (nSPS) is 19.9. The van der Waals surface area contributed by atoms with Gasteiger partial charge in [-0.2, -0.15) is 0 Å². The minimum absolute atomic E-state index is 0.623. The summed E-state index contributed by atoms with van der Waals surface area (Å²) in [6.07, 6.45) is 5.08. The molecule has 0 spiro atoms. The molecule has 1 fully saturated rings. The van der Waals surface area contributed by atoms with Gasteiger partial charge in [0.1, 0.15) is 0 Å². The first-order valence-electron chi connectivity index (χ1n) is 5.76. The van der Waals surface area contributed by atoms with Gasteiger partial charge in [0.25, 0.3) is 0 Å². The first kappa shape index (κ1) is 11.2. The van der Waals surface area contributed by atoms with Crippen LogP contribution in [0.2, 0.25) is 0 Å². The predicted octanol–water partition coefficient (Wildman–Crippen LogP) is 1.83. The van der Waals surface area contributed by atoms with E-state index in [-0.39, 0.29) is 0 Å². The summed E-state index contributed by atoms with van der Waals surface area (Å²) < 4.78 is 7.57. The Labute approximate surface area is 96.3 Å². The van der Waals surface area contributed by atoms with Crippen LogP contribution in [-0.2, 0) is 11.3 Å².